The summed E-state index contributed by atoms with van der Waals surface area (Å²) in [6.07, 6.45) is 5.56. The summed E-state index contributed by atoms with van der Waals surface area (Å²) in [5, 5.41) is 12.4. The van der Waals surface area contributed by atoms with Gasteiger partial charge in [0.25, 0.3) is 0 Å². The molecule has 6 heteroatoms. The third-order valence-electron chi connectivity index (χ3n) is 4.26. The van der Waals surface area contributed by atoms with Gasteiger partial charge in [-0.15, -0.1) is 10.2 Å². The molecule has 0 spiro atoms. The molecular weight excluding hydrogens is 286 g/mol. The number of nitrogens with zero attached hydrogens (tertiary/aromatic N) is 4. The number of halogens is 1. The van der Waals surface area contributed by atoms with E-state index in [1.54, 1.807) is 12.5 Å². The van der Waals surface area contributed by atoms with Crippen molar-refractivity contribution in [2.45, 2.75) is 32.1 Å². The van der Waals surface area contributed by atoms with Crippen molar-refractivity contribution >= 4 is 17.4 Å². The lowest BCUT2D eigenvalue weighted by atomic mass is 9.58. The van der Waals surface area contributed by atoms with E-state index in [0.717, 1.165) is 36.6 Å². The maximum Gasteiger partial charge on any atom is 0.143 e. The van der Waals surface area contributed by atoms with Gasteiger partial charge in [-0.3, -0.25) is 0 Å². The average Bonchev–Trinajstić information content (AvgIpc) is 2.84. The zero-order valence-corrected chi connectivity index (χ0v) is 13.4. The summed E-state index contributed by atoms with van der Waals surface area (Å²) >= 11 is 6.46. The molecule has 5 nitrogen and oxygen atoms in total. The van der Waals surface area contributed by atoms with E-state index in [2.05, 4.69) is 40.4 Å². The number of anilines is 1. The highest BCUT2D eigenvalue weighted by Crippen LogP contribution is 2.53. The molecule has 0 aromatic carbocycles. The largest absolute Gasteiger partial charge is 0.370 e. The second-order valence-electron chi connectivity index (χ2n) is 5.94. The topological polar surface area (TPSA) is 55.6 Å². The lowest BCUT2D eigenvalue weighted by molar-refractivity contribution is 0.185. The van der Waals surface area contributed by atoms with Crippen molar-refractivity contribution in [1.82, 2.24) is 19.7 Å². The van der Waals surface area contributed by atoms with Crippen LogP contribution in [0.1, 0.15) is 38.1 Å². The predicted molar refractivity (Wildman–Crippen MR) is 83.6 cm³/mol. The molecule has 1 saturated carbocycles. The van der Waals surface area contributed by atoms with E-state index in [9.17, 15) is 0 Å². The summed E-state index contributed by atoms with van der Waals surface area (Å²) in [5.74, 6) is 2.50. The maximum atomic E-state index is 6.46. The zero-order chi connectivity index (χ0) is 15.0. The second-order valence-corrected chi connectivity index (χ2v) is 6.35. The Morgan fingerprint density at radius 3 is 2.81 bits per heavy atom. The van der Waals surface area contributed by atoms with Crippen molar-refractivity contribution in [1.29, 1.82) is 0 Å². The second kappa shape index (κ2) is 5.30. The number of hydrogen-bond acceptors (Lipinski definition) is 4. The molecule has 0 amide bonds. The first-order valence-corrected chi connectivity index (χ1v) is 7.69. The van der Waals surface area contributed by atoms with Crippen molar-refractivity contribution in [3.8, 4) is 0 Å². The highest BCUT2D eigenvalue weighted by Gasteiger charge is 2.49. The third kappa shape index (κ3) is 2.29. The molecule has 1 N–H and O–H groups in total. The highest BCUT2D eigenvalue weighted by molar-refractivity contribution is 6.31. The van der Waals surface area contributed by atoms with Crippen LogP contribution in [0.2, 0.25) is 5.02 Å². The summed E-state index contributed by atoms with van der Waals surface area (Å²) in [6, 6.07) is 2.06. The Morgan fingerprint density at radius 1 is 1.48 bits per heavy atom. The molecule has 0 unspecified atom stereocenters. The van der Waals surface area contributed by atoms with Crippen LogP contribution < -0.4 is 5.32 Å². The Bertz CT molecular complexity index is 645. The van der Waals surface area contributed by atoms with Gasteiger partial charge < -0.3 is 9.88 Å². The van der Waals surface area contributed by atoms with E-state index in [1.807, 2.05) is 11.6 Å². The monoisotopic (exact) mass is 305 g/mol. The number of hydrogen-bond donors (Lipinski definition) is 1. The Hall–Kier alpha value is -1.62. The Balaban J connectivity index is 2.10. The van der Waals surface area contributed by atoms with Crippen LogP contribution in [0.15, 0.2) is 18.6 Å². The van der Waals surface area contributed by atoms with Crippen LogP contribution in [-0.4, -0.2) is 26.3 Å². The molecule has 0 bridgehead atoms. The minimum atomic E-state index is -0.144. The lowest BCUT2D eigenvalue weighted by Gasteiger charge is -2.46. The van der Waals surface area contributed by atoms with E-state index in [0.29, 0.717) is 10.9 Å². The smallest absolute Gasteiger partial charge is 0.143 e. The number of aryl methyl sites for hydroxylation is 1. The number of rotatable bonds is 4. The first-order chi connectivity index (χ1) is 10.1. The minimum Gasteiger partial charge on any atom is -0.370 e. The molecule has 112 valence electrons. The fourth-order valence-corrected chi connectivity index (χ4v) is 3.74. The molecule has 0 saturated heterocycles. The fourth-order valence-electron chi connectivity index (χ4n) is 3.45. The standard InChI is InChI=1S/C15H20ClN5/c1-4-17-13-5-11(12(16)8-18-13)15(6-10(2)7-15)14-20-19-9-21(14)3/h5,8-10H,4,6-7H2,1-3H3,(H,17,18). The summed E-state index contributed by atoms with van der Waals surface area (Å²) in [5.41, 5.74) is 0.957. The molecule has 1 aliphatic rings. The highest BCUT2D eigenvalue weighted by atomic mass is 35.5. The van der Waals surface area contributed by atoms with E-state index in [4.69, 9.17) is 11.6 Å². The van der Waals surface area contributed by atoms with E-state index < -0.39 is 0 Å². The van der Waals surface area contributed by atoms with Gasteiger partial charge in [0.15, 0.2) is 0 Å². The Labute approximate surface area is 129 Å². The molecule has 21 heavy (non-hydrogen) atoms. The summed E-state index contributed by atoms with van der Waals surface area (Å²) < 4.78 is 2.00. The summed E-state index contributed by atoms with van der Waals surface area (Å²) in [6.45, 7) is 5.15. The van der Waals surface area contributed by atoms with Gasteiger partial charge >= 0.3 is 0 Å². The van der Waals surface area contributed by atoms with Crippen LogP contribution in [0.25, 0.3) is 0 Å². The quantitative estimate of drug-likeness (QED) is 0.943. The van der Waals surface area contributed by atoms with Crippen LogP contribution in [0.4, 0.5) is 5.82 Å². The first kappa shape index (κ1) is 14.3. The number of pyridine rings is 1. The molecule has 3 rings (SSSR count). The molecule has 0 aliphatic heterocycles. The number of nitrogens with one attached hydrogen (secondary N) is 1. The van der Waals surface area contributed by atoms with Gasteiger partial charge in [0, 0.05) is 19.8 Å². The van der Waals surface area contributed by atoms with Gasteiger partial charge in [-0.25, -0.2) is 4.98 Å². The van der Waals surface area contributed by atoms with E-state index in [1.165, 1.54) is 0 Å². The first-order valence-electron chi connectivity index (χ1n) is 7.31. The van der Waals surface area contributed by atoms with E-state index in [-0.39, 0.29) is 5.41 Å². The molecular formula is C15H20ClN5. The van der Waals surface area contributed by atoms with E-state index >= 15 is 0 Å². The molecule has 1 fully saturated rings. The maximum absolute atomic E-state index is 6.46. The summed E-state index contributed by atoms with van der Waals surface area (Å²) in [7, 11) is 1.99. The fraction of sp³-hybridized carbons (Fsp3) is 0.533. The SMILES string of the molecule is CCNc1cc(C2(c3nncn3C)CC(C)C2)c(Cl)cn1. The minimum absolute atomic E-state index is 0.144. The molecule has 0 radical (unpaired) electrons. The molecule has 2 aromatic rings. The van der Waals surface area contributed by atoms with Crippen LogP contribution in [0.3, 0.4) is 0 Å². The number of aromatic nitrogens is 4. The predicted octanol–water partition coefficient (Wildman–Crippen LogP) is 3.01. The van der Waals surface area contributed by atoms with Crippen molar-refractivity contribution in [2.75, 3.05) is 11.9 Å². The zero-order valence-electron chi connectivity index (χ0n) is 12.6. The lowest BCUT2D eigenvalue weighted by Crippen LogP contribution is -2.43. The average molecular weight is 306 g/mol. The Kier molecular flexibility index (Phi) is 3.61. The van der Waals surface area contributed by atoms with Gasteiger partial charge in [-0.1, -0.05) is 18.5 Å². The van der Waals surface area contributed by atoms with Crippen LogP contribution in [0.5, 0.6) is 0 Å². The molecule has 2 heterocycles. The van der Waals surface area contributed by atoms with Gasteiger partial charge in [-0.2, -0.15) is 0 Å². The van der Waals surface area contributed by atoms with Gasteiger partial charge in [0.2, 0.25) is 0 Å². The van der Waals surface area contributed by atoms with Gasteiger partial charge in [0.1, 0.15) is 18.0 Å². The van der Waals surface area contributed by atoms with Crippen LogP contribution in [-0.2, 0) is 12.5 Å². The van der Waals surface area contributed by atoms with Crippen LogP contribution in [0, 0.1) is 5.92 Å². The molecule has 1 aliphatic carbocycles. The van der Waals surface area contributed by atoms with Crippen molar-refractivity contribution in [3.63, 3.8) is 0 Å². The molecule has 2 aromatic heterocycles. The van der Waals surface area contributed by atoms with Crippen molar-refractivity contribution < 1.29 is 0 Å². The van der Waals surface area contributed by atoms with Gasteiger partial charge in [0.05, 0.1) is 10.4 Å². The van der Waals surface area contributed by atoms with Crippen LogP contribution >= 0.6 is 11.6 Å². The van der Waals surface area contributed by atoms with Gasteiger partial charge in [-0.05, 0) is 37.3 Å². The van der Waals surface area contributed by atoms with Crippen molar-refractivity contribution in [2.24, 2.45) is 13.0 Å². The Morgan fingerprint density at radius 2 is 2.24 bits per heavy atom. The molecule has 0 atom stereocenters. The normalized spacial score (nSPS) is 24.7. The third-order valence-corrected chi connectivity index (χ3v) is 4.56. The summed E-state index contributed by atoms with van der Waals surface area (Å²) in [4.78, 5) is 4.34. The van der Waals surface area contributed by atoms with Crippen molar-refractivity contribution in [3.05, 3.63) is 35.0 Å².